The fourth-order valence-corrected chi connectivity index (χ4v) is 3.74. The third kappa shape index (κ3) is 13.8. The van der Waals surface area contributed by atoms with Gasteiger partial charge < -0.3 is 4.98 Å². The van der Waals surface area contributed by atoms with Gasteiger partial charge in [-0.25, -0.2) is 4.98 Å². The number of aryl methyl sites for hydroxylation is 3. The van der Waals surface area contributed by atoms with E-state index in [1.807, 2.05) is 6.92 Å². The van der Waals surface area contributed by atoms with Gasteiger partial charge in [-0.1, -0.05) is 103 Å². The molecule has 1 N–H and O–H groups in total. The Labute approximate surface area is 174 Å². The van der Waals surface area contributed by atoms with Crippen molar-refractivity contribution in [3.05, 3.63) is 17.2 Å². The highest BCUT2D eigenvalue weighted by molar-refractivity contribution is 8.93. The molecule has 0 radical (unpaired) electrons. The van der Waals surface area contributed by atoms with Gasteiger partial charge in [0, 0.05) is 5.69 Å². The molecule has 0 unspecified atom stereocenters. The van der Waals surface area contributed by atoms with Crippen molar-refractivity contribution >= 4 is 17.0 Å². The van der Waals surface area contributed by atoms with Gasteiger partial charge in [-0.15, -0.1) is 17.0 Å². The number of nitrogens with one attached hydrogen (secondary N) is 1. The number of aromatic amines is 1. The normalized spacial score (nSPS) is 10.9. The van der Waals surface area contributed by atoms with Crippen LogP contribution >= 0.6 is 17.0 Å². The summed E-state index contributed by atoms with van der Waals surface area (Å²) in [5.41, 5.74) is 2.54. The lowest BCUT2D eigenvalue weighted by Crippen LogP contribution is -1.89. The van der Waals surface area contributed by atoms with Gasteiger partial charge >= 0.3 is 0 Å². The molecule has 0 spiro atoms. The second-order valence-electron chi connectivity index (χ2n) is 7.95. The van der Waals surface area contributed by atoms with E-state index in [1.165, 1.54) is 114 Å². The third-order valence-corrected chi connectivity index (χ3v) is 5.37. The number of H-pyrrole nitrogens is 1. The molecule has 3 heteroatoms. The van der Waals surface area contributed by atoms with E-state index in [-0.39, 0.29) is 17.0 Å². The summed E-state index contributed by atoms with van der Waals surface area (Å²) in [4.78, 5) is 7.86. The van der Waals surface area contributed by atoms with Crippen LogP contribution in [0.2, 0.25) is 0 Å². The maximum absolute atomic E-state index is 4.56. The van der Waals surface area contributed by atoms with Gasteiger partial charge in [0.2, 0.25) is 0 Å². The number of halogens is 1. The Morgan fingerprint density at radius 2 is 1.00 bits per heavy atom. The molecule has 1 aromatic rings. The van der Waals surface area contributed by atoms with Gasteiger partial charge in [0.05, 0.1) is 5.69 Å². The summed E-state index contributed by atoms with van der Waals surface area (Å²) in [5, 5.41) is 0. The van der Waals surface area contributed by atoms with E-state index >= 15 is 0 Å². The lowest BCUT2D eigenvalue weighted by molar-refractivity contribution is 0.529. The predicted octanol–water partition coefficient (Wildman–Crippen LogP) is 8.41. The van der Waals surface area contributed by atoms with Crippen LogP contribution in [0.1, 0.15) is 127 Å². The highest BCUT2D eigenvalue weighted by Gasteiger charge is 2.03. The Morgan fingerprint density at radius 3 is 1.35 bits per heavy atom. The number of hydrogen-bond acceptors (Lipinski definition) is 1. The highest BCUT2D eigenvalue weighted by Crippen LogP contribution is 2.15. The van der Waals surface area contributed by atoms with Crippen LogP contribution in [0, 0.1) is 13.8 Å². The zero-order chi connectivity index (χ0) is 18.2. The van der Waals surface area contributed by atoms with Crippen LogP contribution in [0.5, 0.6) is 0 Å². The van der Waals surface area contributed by atoms with Crippen LogP contribution in [0.3, 0.4) is 0 Å². The zero-order valence-electron chi connectivity index (χ0n) is 17.9. The molecule has 0 amide bonds. The summed E-state index contributed by atoms with van der Waals surface area (Å²) in [7, 11) is 0. The quantitative estimate of drug-likeness (QED) is 0.247. The highest BCUT2D eigenvalue weighted by atomic mass is 79.9. The maximum Gasteiger partial charge on any atom is 0.103 e. The van der Waals surface area contributed by atoms with Gasteiger partial charge in [0.15, 0.2) is 0 Å². The van der Waals surface area contributed by atoms with E-state index in [0.717, 1.165) is 12.2 Å². The van der Waals surface area contributed by atoms with Crippen molar-refractivity contribution in [1.29, 1.82) is 0 Å². The molecule has 0 saturated heterocycles. The van der Waals surface area contributed by atoms with Gasteiger partial charge in [-0.05, 0) is 26.7 Å². The van der Waals surface area contributed by atoms with Crippen LogP contribution in [0.4, 0.5) is 0 Å². The Balaban J connectivity index is 0.00000625. The summed E-state index contributed by atoms with van der Waals surface area (Å²) in [6.07, 6.45) is 24.1. The van der Waals surface area contributed by atoms with Gasteiger partial charge in [-0.2, -0.15) is 0 Å². The molecule has 0 aliphatic heterocycles. The van der Waals surface area contributed by atoms with Crippen LogP contribution in [0.15, 0.2) is 0 Å². The molecule has 1 rings (SSSR count). The largest absolute Gasteiger partial charge is 0.346 e. The zero-order valence-corrected chi connectivity index (χ0v) is 19.6. The first-order chi connectivity index (χ1) is 12.2. The monoisotopic (exact) mass is 428 g/mol. The second-order valence-corrected chi connectivity index (χ2v) is 7.95. The first kappa shape index (κ1) is 25.7. The minimum Gasteiger partial charge on any atom is -0.346 e. The molecule has 0 fully saturated rings. The summed E-state index contributed by atoms with van der Waals surface area (Å²) >= 11 is 0. The standard InChI is InChI=1S/C23H44N2.BrH/c1-4-5-6-7-8-9-10-11-12-13-14-15-16-17-18-19-20-23-21(2)24-22(3)25-23;/h4-20H2,1-3H3,(H,24,25);1H. The molecule has 0 bridgehead atoms. The van der Waals surface area contributed by atoms with E-state index < -0.39 is 0 Å². The average Bonchev–Trinajstić information content (AvgIpc) is 2.92. The van der Waals surface area contributed by atoms with E-state index in [0.29, 0.717) is 0 Å². The SMILES string of the molecule is Br.CCCCCCCCCCCCCCCCCCc1nc(C)[nH]c1C. The molecule has 2 nitrogen and oxygen atoms in total. The molecule has 26 heavy (non-hydrogen) atoms. The minimum absolute atomic E-state index is 0. The van der Waals surface area contributed by atoms with Crippen molar-refractivity contribution in [2.24, 2.45) is 0 Å². The number of rotatable bonds is 17. The number of nitrogens with zero attached hydrogens (tertiary/aromatic N) is 1. The molecular formula is C23H45BrN2. The fraction of sp³-hybridized carbons (Fsp3) is 0.870. The molecule has 0 aromatic carbocycles. The maximum atomic E-state index is 4.56. The number of hydrogen-bond donors (Lipinski definition) is 1. The van der Waals surface area contributed by atoms with Crippen molar-refractivity contribution in [3.8, 4) is 0 Å². The summed E-state index contributed by atoms with van der Waals surface area (Å²) in [5.74, 6) is 1.06. The van der Waals surface area contributed by atoms with Crippen molar-refractivity contribution in [3.63, 3.8) is 0 Å². The molecule has 0 saturated carbocycles. The second kappa shape index (κ2) is 18.1. The van der Waals surface area contributed by atoms with Gasteiger partial charge in [-0.3, -0.25) is 0 Å². The van der Waals surface area contributed by atoms with E-state index in [4.69, 9.17) is 0 Å². The predicted molar refractivity (Wildman–Crippen MR) is 122 cm³/mol. The van der Waals surface area contributed by atoms with E-state index in [2.05, 4.69) is 23.8 Å². The van der Waals surface area contributed by atoms with Crippen molar-refractivity contribution in [2.45, 2.75) is 130 Å². The van der Waals surface area contributed by atoms with Crippen molar-refractivity contribution in [1.82, 2.24) is 9.97 Å². The Kier molecular flexibility index (Phi) is 17.9. The summed E-state index contributed by atoms with van der Waals surface area (Å²) < 4.78 is 0. The van der Waals surface area contributed by atoms with Gasteiger partial charge in [0.1, 0.15) is 5.82 Å². The van der Waals surface area contributed by atoms with Crippen LogP contribution in [0.25, 0.3) is 0 Å². The first-order valence-corrected chi connectivity index (χ1v) is 11.3. The molecule has 0 aliphatic rings. The fourth-order valence-electron chi connectivity index (χ4n) is 3.74. The lowest BCUT2D eigenvalue weighted by atomic mass is 10.0. The Bertz CT molecular complexity index is 414. The average molecular weight is 430 g/mol. The van der Waals surface area contributed by atoms with Gasteiger partial charge in [0.25, 0.3) is 0 Å². The molecule has 0 atom stereocenters. The number of imidazole rings is 1. The third-order valence-electron chi connectivity index (χ3n) is 5.37. The summed E-state index contributed by atoms with van der Waals surface area (Å²) in [6.45, 7) is 6.48. The molecule has 0 aliphatic carbocycles. The molecule has 1 aromatic heterocycles. The van der Waals surface area contributed by atoms with E-state index in [1.54, 1.807) is 0 Å². The Hall–Kier alpha value is -0.310. The van der Waals surface area contributed by atoms with Crippen molar-refractivity contribution in [2.75, 3.05) is 0 Å². The number of unbranched alkanes of at least 4 members (excludes halogenated alkanes) is 15. The lowest BCUT2D eigenvalue weighted by Gasteiger charge is -2.03. The molecule has 154 valence electrons. The topological polar surface area (TPSA) is 28.7 Å². The van der Waals surface area contributed by atoms with Crippen molar-refractivity contribution < 1.29 is 0 Å². The summed E-state index contributed by atoms with van der Waals surface area (Å²) in [6, 6.07) is 0. The van der Waals surface area contributed by atoms with Crippen LogP contribution in [-0.4, -0.2) is 9.97 Å². The molecular weight excluding hydrogens is 384 g/mol. The van der Waals surface area contributed by atoms with E-state index in [9.17, 15) is 0 Å². The minimum atomic E-state index is 0. The van der Waals surface area contributed by atoms with Crippen LogP contribution in [-0.2, 0) is 6.42 Å². The Morgan fingerprint density at radius 1 is 0.615 bits per heavy atom. The first-order valence-electron chi connectivity index (χ1n) is 11.3. The number of aromatic nitrogens is 2. The smallest absolute Gasteiger partial charge is 0.103 e. The van der Waals surface area contributed by atoms with Crippen LogP contribution < -0.4 is 0 Å². The molecule has 1 heterocycles.